The van der Waals surface area contributed by atoms with Crippen LogP contribution in [0.25, 0.3) is 0 Å². The lowest BCUT2D eigenvalue weighted by atomic mass is 10.1. The Labute approximate surface area is 147 Å². The standard InChI is InChI=1S/C17H22N4O2.ClH/c1-20-12-14(16(19)22)11-15(20)17(23)21(10-8-18)9-7-13-5-3-2-4-6-13;/h2-6,11-12H,7-10,18H2,1H3,(H2,19,22);1H. The predicted octanol–water partition coefficient (Wildman–Crippen LogP) is 1.19. The SMILES string of the molecule is Cl.Cn1cc(C(N)=O)cc1C(=O)N(CCN)CCc1ccccc1. The zero-order chi connectivity index (χ0) is 16.8. The van der Waals surface area contributed by atoms with Gasteiger partial charge in [0, 0.05) is 32.9 Å². The largest absolute Gasteiger partial charge is 0.366 e. The zero-order valence-electron chi connectivity index (χ0n) is 13.6. The second kappa shape index (κ2) is 9.10. The number of halogens is 1. The van der Waals surface area contributed by atoms with Crippen LogP contribution in [0.4, 0.5) is 0 Å². The molecule has 1 heterocycles. The van der Waals surface area contributed by atoms with Crippen molar-refractivity contribution in [3.05, 3.63) is 59.4 Å². The van der Waals surface area contributed by atoms with Gasteiger partial charge in [0.15, 0.2) is 0 Å². The summed E-state index contributed by atoms with van der Waals surface area (Å²) in [6.45, 7) is 1.41. The molecule has 2 aromatic rings. The summed E-state index contributed by atoms with van der Waals surface area (Å²) >= 11 is 0. The normalized spacial score (nSPS) is 10.1. The third-order valence-electron chi connectivity index (χ3n) is 3.71. The van der Waals surface area contributed by atoms with Crippen LogP contribution in [0.5, 0.6) is 0 Å². The molecule has 7 heteroatoms. The molecule has 4 N–H and O–H groups in total. The van der Waals surface area contributed by atoms with Gasteiger partial charge in [0.25, 0.3) is 5.91 Å². The number of rotatable bonds is 7. The molecular formula is C17H23ClN4O2. The Kier molecular flexibility index (Phi) is 7.48. The van der Waals surface area contributed by atoms with Gasteiger partial charge < -0.3 is 20.9 Å². The monoisotopic (exact) mass is 350 g/mol. The van der Waals surface area contributed by atoms with E-state index in [1.54, 1.807) is 22.7 Å². The van der Waals surface area contributed by atoms with Gasteiger partial charge in [-0.15, -0.1) is 12.4 Å². The number of primary amides is 1. The van der Waals surface area contributed by atoms with Gasteiger partial charge in [-0.2, -0.15) is 0 Å². The van der Waals surface area contributed by atoms with Gasteiger partial charge in [-0.3, -0.25) is 9.59 Å². The number of nitrogens with zero attached hydrogens (tertiary/aromatic N) is 2. The van der Waals surface area contributed by atoms with Crippen LogP contribution in [-0.2, 0) is 13.5 Å². The van der Waals surface area contributed by atoms with Gasteiger partial charge >= 0.3 is 0 Å². The topological polar surface area (TPSA) is 94.3 Å². The summed E-state index contributed by atoms with van der Waals surface area (Å²) in [7, 11) is 1.72. The predicted molar refractivity (Wildman–Crippen MR) is 96.3 cm³/mol. The molecule has 1 aromatic heterocycles. The van der Waals surface area contributed by atoms with Crippen molar-refractivity contribution >= 4 is 24.2 Å². The van der Waals surface area contributed by atoms with E-state index in [1.807, 2.05) is 30.3 Å². The Bertz CT molecular complexity index is 685. The molecular weight excluding hydrogens is 328 g/mol. The van der Waals surface area contributed by atoms with E-state index in [0.717, 1.165) is 12.0 Å². The molecule has 0 unspecified atom stereocenters. The van der Waals surface area contributed by atoms with Crippen LogP contribution in [0.2, 0.25) is 0 Å². The van der Waals surface area contributed by atoms with E-state index in [-0.39, 0.29) is 18.3 Å². The molecule has 0 aliphatic carbocycles. The molecule has 6 nitrogen and oxygen atoms in total. The molecule has 130 valence electrons. The number of aryl methyl sites for hydroxylation is 1. The molecule has 0 aliphatic rings. The van der Waals surface area contributed by atoms with Crippen LogP contribution in [0.15, 0.2) is 42.6 Å². The lowest BCUT2D eigenvalue weighted by Crippen LogP contribution is -2.37. The van der Waals surface area contributed by atoms with Gasteiger partial charge in [-0.05, 0) is 18.1 Å². The van der Waals surface area contributed by atoms with Crippen LogP contribution in [0.3, 0.4) is 0 Å². The van der Waals surface area contributed by atoms with Crippen LogP contribution < -0.4 is 11.5 Å². The summed E-state index contributed by atoms with van der Waals surface area (Å²) in [5.74, 6) is -0.698. The molecule has 2 rings (SSSR count). The Morgan fingerprint density at radius 2 is 1.83 bits per heavy atom. The Morgan fingerprint density at radius 3 is 2.38 bits per heavy atom. The fourth-order valence-electron chi connectivity index (χ4n) is 2.45. The number of hydrogen-bond acceptors (Lipinski definition) is 3. The molecule has 0 saturated carbocycles. The maximum Gasteiger partial charge on any atom is 0.270 e. The van der Waals surface area contributed by atoms with Crippen molar-refractivity contribution in [2.45, 2.75) is 6.42 Å². The molecule has 0 radical (unpaired) electrons. The molecule has 2 amide bonds. The molecule has 0 spiro atoms. The first-order valence-electron chi connectivity index (χ1n) is 7.52. The van der Waals surface area contributed by atoms with Crippen molar-refractivity contribution in [1.82, 2.24) is 9.47 Å². The van der Waals surface area contributed by atoms with E-state index in [1.165, 1.54) is 6.07 Å². The summed E-state index contributed by atoms with van der Waals surface area (Å²) in [6.07, 6.45) is 2.31. The van der Waals surface area contributed by atoms with Gasteiger partial charge in [-0.1, -0.05) is 30.3 Å². The first-order chi connectivity index (χ1) is 11.0. The third kappa shape index (κ3) is 4.84. The maximum absolute atomic E-state index is 12.7. The van der Waals surface area contributed by atoms with Crippen molar-refractivity contribution in [1.29, 1.82) is 0 Å². The van der Waals surface area contributed by atoms with Crippen molar-refractivity contribution in [2.75, 3.05) is 19.6 Å². The van der Waals surface area contributed by atoms with Gasteiger partial charge in [0.1, 0.15) is 5.69 Å². The van der Waals surface area contributed by atoms with Gasteiger partial charge in [0.2, 0.25) is 5.91 Å². The fourth-order valence-corrected chi connectivity index (χ4v) is 2.45. The fraction of sp³-hybridized carbons (Fsp3) is 0.294. The Morgan fingerprint density at radius 1 is 1.17 bits per heavy atom. The molecule has 0 bridgehead atoms. The number of carbonyl (C=O) groups is 2. The minimum atomic E-state index is -0.547. The second-order valence-electron chi connectivity index (χ2n) is 5.41. The van der Waals surface area contributed by atoms with Crippen LogP contribution in [-0.4, -0.2) is 40.9 Å². The summed E-state index contributed by atoms with van der Waals surface area (Å²) in [6, 6.07) is 11.5. The Hall–Kier alpha value is -2.31. The first-order valence-corrected chi connectivity index (χ1v) is 7.52. The van der Waals surface area contributed by atoms with E-state index in [4.69, 9.17) is 11.5 Å². The average molecular weight is 351 g/mol. The van der Waals surface area contributed by atoms with Crippen LogP contribution in [0, 0.1) is 0 Å². The second-order valence-corrected chi connectivity index (χ2v) is 5.41. The number of amides is 2. The number of aromatic nitrogens is 1. The lowest BCUT2D eigenvalue weighted by molar-refractivity contribution is 0.0752. The van der Waals surface area contributed by atoms with Gasteiger partial charge in [0.05, 0.1) is 5.56 Å². The van der Waals surface area contributed by atoms with E-state index < -0.39 is 5.91 Å². The minimum Gasteiger partial charge on any atom is -0.366 e. The van der Waals surface area contributed by atoms with E-state index in [2.05, 4.69) is 0 Å². The van der Waals surface area contributed by atoms with Crippen molar-refractivity contribution < 1.29 is 9.59 Å². The maximum atomic E-state index is 12.7. The summed E-state index contributed by atoms with van der Waals surface area (Å²) < 4.78 is 1.62. The third-order valence-corrected chi connectivity index (χ3v) is 3.71. The highest BCUT2D eigenvalue weighted by molar-refractivity contribution is 5.98. The molecule has 1 aromatic carbocycles. The quantitative estimate of drug-likeness (QED) is 0.785. The highest BCUT2D eigenvalue weighted by Crippen LogP contribution is 2.11. The minimum absolute atomic E-state index is 0. The molecule has 0 aliphatic heterocycles. The van der Waals surface area contributed by atoms with Crippen LogP contribution >= 0.6 is 12.4 Å². The van der Waals surface area contributed by atoms with E-state index in [0.29, 0.717) is 30.9 Å². The van der Waals surface area contributed by atoms with Crippen LogP contribution in [0.1, 0.15) is 26.4 Å². The van der Waals surface area contributed by atoms with Crippen molar-refractivity contribution in [3.8, 4) is 0 Å². The molecule has 24 heavy (non-hydrogen) atoms. The summed E-state index contributed by atoms with van der Waals surface area (Å²) in [4.78, 5) is 25.7. The number of benzene rings is 1. The van der Waals surface area contributed by atoms with Crippen molar-refractivity contribution in [3.63, 3.8) is 0 Å². The molecule has 0 atom stereocenters. The number of carbonyl (C=O) groups excluding carboxylic acids is 2. The average Bonchev–Trinajstić information content (AvgIpc) is 2.94. The first kappa shape index (κ1) is 19.7. The molecule has 0 fully saturated rings. The highest BCUT2D eigenvalue weighted by atomic mass is 35.5. The van der Waals surface area contributed by atoms with E-state index >= 15 is 0 Å². The smallest absolute Gasteiger partial charge is 0.270 e. The number of hydrogen-bond donors (Lipinski definition) is 2. The highest BCUT2D eigenvalue weighted by Gasteiger charge is 2.20. The summed E-state index contributed by atoms with van der Waals surface area (Å²) in [5.41, 5.74) is 12.8. The van der Waals surface area contributed by atoms with Crippen molar-refractivity contribution in [2.24, 2.45) is 18.5 Å². The Balaban J connectivity index is 0.00000288. The number of nitrogens with two attached hydrogens (primary N) is 2. The zero-order valence-corrected chi connectivity index (χ0v) is 14.5. The van der Waals surface area contributed by atoms with Gasteiger partial charge in [-0.25, -0.2) is 0 Å². The summed E-state index contributed by atoms with van der Waals surface area (Å²) in [5, 5.41) is 0. The van der Waals surface area contributed by atoms with E-state index in [9.17, 15) is 9.59 Å². The molecule has 0 saturated heterocycles. The lowest BCUT2D eigenvalue weighted by Gasteiger charge is -2.22.